The molecule has 0 rings (SSSR count). The van der Waals surface area contributed by atoms with Gasteiger partial charge in [0.2, 0.25) is 0 Å². The van der Waals surface area contributed by atoms with Gasteiger partial charge in [-0.25, -0.2) is 0 Å². The van der Waals surface area contributed by atoms with Crippen molar-refractivity contribution in [1.82, 2.24) is 0 Å². The normalized spacial score (nSPS) is 41.5. The third kappa shape index (κ3) is 23.6. The Morgan fingerprint density at radius 1 is 2.50 bits per heavy atom. The second-order valence-electron chi connectivity index (χ2n) is 0.533. The van der Waals surface area contributed by atoms with Crippen LogP contribution in [0.4, 0.5) is 0 Å². The molecule has 0 amide bonds. The summed E-state index contributed by atoms with van der Waals surface area (Å²) < 4.78 is 27.0. The lowest BCUT2D eigenvalue weighted by atomic mass is 10.6. The first-order valence-electron chi connectivity index (χ1n) is 2.94. The number of alkyl halides is 1. The minimum absolute atomic E-state index is 1.29. The van der Waals surface area contributed by atoms with Gasteiger partial charge < -0.3 is 0 Å². The highest BCUT2D eigenvalue weighted by Gasteiger charge is 1.71. The Bertz CT molecular complexity index is 66.3. The van der Waals surface area contributed by atoms with E-state index in [0.29, 0.717) is 0 Å². The molecule has 0 aromatic rings. The highest BCUT2D eigenvalue weighted by atomic mass is 79.9. The summed E-state index contributed by atoms with van der Waals surface area (Å²) in [5.41, 5.74) is 0. The fourth-order valence-electron chi connectivity index (χ4n) is 0. The molecule has 0 aliphatic carbocycles. The molecule has 0 radical (unpaired) electrons. The number of rotatable bonds is 0. The van der Waals surface area contributed by atoms with E-state index in [2.05, 4.69) is 15.9 Å². The highest BCUT2D eigenvalue weighted by molar-refractivity contribution is 9.09. The van der Waals surface area contributed by atoms with Crippen molar-refractivity contribution in [2.75, 3.05) is 0 Å². The van der Waals surface area contributed by atoms with E-state index < -0.39 is 11.7 Å². The molecule has 1 heteroatoms. The van der Waals surface area contributed by atoms with E-state index in [1.165, 1.54) is 6.92 Å². The average Bonchev–Trinajstić information content (AvgIpc) is 1.25. The molecule has 26 valence electrons. The number of hydrogen-bond acceptors (Lipinski definition) is 0. The summed E-state index contributed by atoms with van der Waals surface area (Å²) in [6.07, 6.45) is 0. The van der Waals surface area contributed by atoms with Crippen LogP contribution in [-0.4, -0.2) is 4.80 Å². The van der Waals surface area contributed by atoms with Crippen molar-refractivity contribution in [3.05, 3.63) is 0 Å². The summed E-state index contributed by atoms with van der Waals surface area (Å²) in [6, 6.07) is 0. The molecule has 0 N–H and O–H groups in total. The quantitative estimate of drug-likeness (QED) is 0.435. The van der Waals surface area contributed by atoms with E-state index in [1.807, 2.05) is 0 Å². The van der Waals surface area contributed by atoms with Gasteiger partial charge in [-0.3, -0.25) is 0 Å². The Balaban J connectivity index is 4.02. The first kappa shape index (κ1) is 0.970. The third-order valence-electron chi connectivity index (χ3n) is 0. The van der Waals surface area contributed by atoms with Gasteiger partial charge in [0.15, 0.2) is 0 Å². The molecule has 0 saturated carbocycles. The summed E-state index contributed by atoms with van der Waals surface area (Å²) in [5, 5.41) is 0. The lowest BCUT2D eigenvalue weighted by Crippen LogP contribution is -1.69. The second-order valence-corrected chi connectivity index (χ2v) is 1.72. The zero-order valence-corrected chi connectivity index (χ0v) is 3.96. The smallest absolute Gasteiger partial charge is 0.0417 e. The lowest BCUT2D eigenvalue weighted by Gasteiger charge is -1.76. The van der Waals surface area contributed by atoms with Gasteiger partial charge in [0.05, 0.1) is 0 Å². The average molecular weight is 127 g/mol. The van der Waals surface area contributed by atoms with Crippen molar-refractivity contribution in [3.63, 3.8) is 0 Å². The van der Waals surface area contributed by atoms with Crippen molar-refractivity contribution in [3.8, 4) is 0 Å². The van der Waals surface area contributed by atoms with E-state index in [9.17, 15) is 0 Å². The van der Waals surface area contributed by atoms with Crippen LogP contribution in [0.2, 0.25) is 0 Å². The summed E-state index contributed by atoms with van der Waals surface area (Å²) in [5.74, 6) is 0. The Morgan fingerprint density at radius 3 is 2.75 bits per heavy atom. The van der Waals surface area contributed by atoms with Gasteiger partial charge in [-0.1, -0.05) is 29.7 Å². The molecule has 0 heterocycles. The predicted molar refractivity (Wildman–Crippen MR) is 24.1 cm³/mol. The monoisotopic (exact) mass is 126 g/mol. The molecule has 0 fully saturated rings. The molecule has 1 atom stereocenters. The lowest BCUT2D eigenvalue weighted by molar-refractivity contribution is 1.14. The zero-order valence-electron chi connectivity index (χ0n) is 6.38. The minimum Gasteiger partial charge on any atom is -0.0897 e. The second kappa shape index (κ2) is 1.77. The van der Waals surface area contributed by atoms with Gasteiger partial charge in [0.25, 0.3) is 0 Å². The Hall–Kier alpha value is 0.480. The van der Waals surface area contributed by atoms with Gasteiger partial charge in [-0.2, -0.15) is 0 Å². The molecule has 0 aliphatic heterocycles. The van der Waals surface area contributed by atoms with Crippen LogP contribution in [0.1, 0.15) is 19.3 Å². The van der Waals surface area contributed by atoms with Gasteiger partial charge in [-0.15, -0.1) is 0 Å². The maximum absolute atomic E-state index is 6.94. The molecule has 0 bridgehead atoms. The number of halogens is 1. The largest absolute Gasteiger partial charge is 0.0897 e. The van der Waals surface area contributed by atoms with Gasteiger partial charge in [-0.05, 0) is 0 Å². The number of hydrogen-bond donors (Lipinski definition) is 0. The molecule has 4 heavy (non-hydrogen) atoms. The van der Waals surface area contributed by atoms with Crippen LogP contribution in [0.3, 0.4) is 0 Å². The Kier molecular flexibility index (Phi) is 0.428. The standard InChI is InChI=1S/C3H7Br/c1-3(2)4/h3H,1-2H3/i1D3,3D. The van der Waals surface area contributed by atoms with Crippen LogP contribution in [0, 0.1) is 0 Å². The molecule has 0 spiro atoms. The van der Waals surface area contributed by atoms with Gasteiger partial charge >= 0.3 is 0 Å². The van der Waals surface area contributed by atoms with Crippen molar-refractivity contribution >= 4 is 15.9 Å². The third-order valence-corrected chi connectivity index (χ3v) is 0. The first-order valence-corrected chi connectivity index (χ1v) is 1.73. The Labute approximate surface area is 41.0 Å². The summed E-state index contributed by atoms with van der Waals surface area (Å²) in [6.45, 7) is -0.938. The van der Waals surface area contributed by atoms with E-state index in [-0.39, 0.29) is 0 Å². The van der Waals surface area contributed by atoms with Gasteiger partial charge in [0, 0.05) is 10.3 Å². The summed E-state index contributed by atoms with van der Waals surface area (Å²) >= 11 is 2.70. The van der Waals surface area contributed by atoms with E-state index in [0.717, 1.165) is 0 Å². The maximum Gasteiger partial charge on any atom is 0.0417 e. The molecular formula is C3H7Br. The molecule has 1 unspecified atom stereocenters. The summed E-state index contributed by atoms with van der Waals surface area (Å²) in [7, 11) is 0. The molecule has 0 aliphatic rings. The molecule has 0 aromatic carbocycles. The SMILES string of the molecule is [2H]C([2H])([2H])C([2H])(C)Br. The van der Waals surface area contributed by atoms with E-state index in [4.69, 9.17) is 5.48 Å². The van der Waals surface area contributed by atoms with Crippen LogP contribution >= 0.6 is 15.9 Å². The van der Waals surface area contributed by atoms with E-state index >= 15 is 0 Å². The predicted octanol–water partition coefficient (Wildman–Crippen LogP) is 1.79. The maximum atomic E-state index is 6.94. The molecular weight excluding hydrogens is 116 g/mol. The van der Waals surface area contributed by atoms with Crippen molar-refractivity contribution in [2.45, 2.75) is 18.6 Å². The van der Waals surface area contributed by atoms with Crippen molar-refractivity contribution in [1.29, 1.82) is 0 Å². The van der Waals surface area contributed by atoms with Crippen LogP contribution in [-0.2, 0) is 0 Å². The summed E-state index contributed by atoms with van der Waals surface area (Å²) in [4.78, 5) is -1.50. The fourth-order valence-corrected chi connectivity index (χ4v) is 0. The molecule has 0 saturated heterocycles. The zero-order chi connectivity index (χ0) is 7.00. The first-order chi connectivity index (χ1) is 3.25. The van der Waals surface area contributed by atoms with Crippen molar-refractivity contribution in [2.24, 2.45) is 0 Å². The highest BCUT2D eigenvalue weighted by Crippen LogP contribution is 1.89. The van der Waals surface area contributed by atoms with Crippen LogP contribution in [0.25, 0.3) is 0 Å². The van der Waals surface area contributed by atoms with Gasteiger partial charge in [0.1, 0.15) is 0 Å². The van der Waals surface area contributed by atoms with Crippen LogP contribution in [0.5, 0.6) is 0 Å². The molecule has 0 nitrogen and oxygen atoms in total. The van der Waals surface area contributed by atoms with Crippen LogP contribution < -0.4 is 0 Å². The van der Waals surface area contributed by atoms with Crippen molar-refractivity contribution < 1.29 is 5.48 Å². The van der Waals surface area contributed by atoms with E-state index in [1.54, 1.807) is 0 Å². The molecule has 0 aromatic heterocycles. The van der Waals surface area contributed by atoms with Crippen LogP contribution in [0.15, 0.2) is 0 Å². The minimum atomic E-state index is -2.23. The fraction of sp³-hybridized carbons (Fsp3) is 1.00. The topological polar surface area (TPSA) is 0 Å². The Morgan fingerprint density at radius 2 is 2.75 bits per heavy atom.